The Kier molecular flexibility index (Phi) is 6.45. The summed E-state index contributed by atoms with van der Waals surface area (Å²) in [4.78, 5) is 11.7. The highest BCUT2D eigenvalue weighted by atomic mass is 32.1. The number of nitrogens with one attached hydrogen (secondary N) is 2. The molecule has 110 valence electrons. The Hall–Kier alpha value is -1.62. The normalized spacial score (nSPS) is 10.2. The first-order valence-corrected chi connectivity index (χ1v) is 7.17. The fraction of sp³-hybridized carbons (Fsp3) is 0.467. The molecule has 0 saturated heterocycles. The lowest BCUT2D eigenvalue weighted by atomic mass is 10.1. The summed E-state index contributed by atoms with van der Waals surface area (Å²) in [6.45, 7) is 9.15. The van der Waals surface area contributed by atoms with Crippen molar-refractivity contribution in [3.05, 3.63) is 29.3 Å². The highest BCUT2D eigenvalue weighted by Gasteiger charge is 2.09. The zero-order chi connectivity index (χ0) is 15.1. The standard InChI is InChI=1S/C15H22N2O2S/c1-5-19-14(18)12-7-6-11(4)13(8-12)17-15(20)16-9-10(2)3/h6-8,10H,5,9H2,1-4H3,(H2,16,17,20). The van der Waals surface area contributed by atoms with Crippen molar-refractivity contribution in [3.8, 4) is 0 Å². The second-order valence-electron chi connectivity index (χ2n) is 4.98. The molecule has 0 spiro atoms. The number of thiocarbonyl (C=S) groups is 1. The number of anilines is 1. The number of carbonyl (C=O) groups excluding carboxylic acids is 1. The molecule has 0 radical (unpaired) electrons. The topological polar surface area (TPSA) is 50.4 Å². The van der Waals surface area contributed by atoms with E-state index in [4.69, 9.17) is 17.0 Å². The molecular weight excluding hydrogens is 272 g/mol. The molecule has 0 heterocycles. The number of benzene rings is 1. The highest BCUT2D eigenvalue weighted by Crippen LogP contribution is 2.17. The Labute approximate surface area is 125 Å². The van der Waals surface area contributed by atoms with Gasteiger partial charge in [0, 0.05) is 12.2 Å². The number of rotatable bonds is 5. The largest absolute Gasteiger partial charge is 0.462 e. The first-order chi connectivity index (χ1) is 9.43. The minimum atomic E-state index is -0.323. The number of hydrogen-bond donors (Lipinski definition) is 2. The molecule has 0 unspecified atom stereocenters. The van der Waals surface area contributed by atoms with E-state index in [-0.39, 0.29) is 5.97 Å². The van der Waals surface area contributed by atoms with Crippen LogP contribution < -0.4 is 10.6 Å². The van der Waals surface area contributed by atoms with Gasteiger partial charge < -0.3 is 15.4 Å². The Morgan fingerprint density at radius 2 is 2.10 bits per heavy atom. The Morgan fingerprint density at radius 3 is 2.70 bits per heavy atom. The van der Waals surface area contributed by atoms with Crippen molar-refractivity contribution in [1.29, 1.82) is 0 Å². The van der Waals surface area contributed by atoms with Crippen LogP contribution in [0.5, 0.6) is 0 Å². The van der Waals surface area contributed by atoms with Gasteiger partial charge in [-0.3, -0.25) is 0 Å². The summed E-state index contributed by atoms with van der Waals surface area (Å²) in [5, 5.41) is 6.81. The van der Waals surface area contributed by atoms with Gasteiger partial charge in [0.2, 0.25) is 0 Å². The quantitative estimate of drug-likeness (QED) is 0.645. The van der Waals surface area contributed by atoms with E-state index in [1.165, 1.54) is 0 Å². The molecule has 0 aliphatic heterocycles. The van der Waals surface area contributed by atoms with E-state index in [0.717, 1.165) is 17.8 Å². The van der Waals surface area contributed by atoms with Crippen LogP contribution in [0, 0.1) is 12.8 Å². The second kappa shape index (κ2) is 7.85. The minimum Gasteiger partial charge on any atom is -0.462 e. The van der Waals surface area contributed by atoms with Gasteiger partial charge in [0.1, 0.15) is 0 Å². The molecular formula is C15H22N2O2S. The zero-order valence-electron chi connectivity index (χ0n) is 12.4. The molecule has 5 heteroatoms. The van der Waals surface area contributed by atoms with E-state index in [0.29, 0.717) is 23.2 Å². The van der Waals surface area contributed by atoms with E-state index >= 15 is 0 Å². The van der Waals surface area contributed by atoms with E-state index in [9.17, 15) is 4.79 Å². The molecule has 0 atom stereocenters. The molecule has 1 aromatic rings. The second-order valence-corrected chi connectivity index (χ2v) is 5.39. The Morgan fingerprint density at radius 1 is 1.40 bits per heavy atom. The summed E-state index contributed by atoms with van der Waals surface area (Å²) in [6.07, 6.45) is 0. The first-order valence-electron chi connectivity index (χ1n) is 6.76. The summed E-state index contributed by atoms with van der Waals surface area (Å²) in [5.41, 5.74) is 2.36. The predicted octanol–water partition coefficient (Wildman–Crippen LogP) is 3.11. The molecule has 0 fully saturated rings. The van der Waals surface area contributed by atoms with E-state index in [1.54, 1.807) is 19.1 Å². The molecule has 1 rings (SSSR count). The van der Waals surface area contributed by atoms with Gasteiger partial charge in [0.15, 0.2) is 5.11 Å². The molecule has 0 aliphatic carbocycles. The lowest BCUT2D eigenvalue weighted by Crippen LogP contribution is -2.31. The van der Waals surface area contributed by atoms with E-state index in [2.05, 4.69) is 24.5 Å². The van der Waals surface area contributed by atoms with Crippen molar-refractivity contribution < 1.29 is 9.53 Å². The molecule has 0 bridgehead atoms. The number of esters is 1. The van der Waals surface area contributed by atoms with Crippen LogP contribution in [-0.2, 0) is 4.74 Å². The summed E-state index contributed by atoms with van der Waals surface area (Å²) >= 11 is 5.24. The minimum absolute atomic E-state index is 0.323. The molecule has 1 aromatic carbocycles. The van der Waals surface area contributed by atoms with Crippen LogP contribution in [0.4, 0.5) is 5.69 Å². The average Bonchev–Trinajstić information content (AvgIpc) is 2.39. The highest BCUT2D eigenvalue weighted by molar-refractivity contribution is 7.80. The van der Waals surface area contributed by atoms with Gasteiger partial charge >= 0.3 is 5.97 Å². The van der Waals surface area contributed by atoms with Gasteiger partial charge in [-0.25, -0.2) is 4.79 Å². The number of carbonyl (C=O) groups is 1. The fourth-order valence-electron chi connectivity index (χ4n) is 1.56. The molecule has 0 aromatic heterocycles. The summed E-state index contributed by atoms with van der Waals surface area (Å²) in [7, 11) is 0. The van der Waals surface area contributed by atoms with Gasteiger partial charge in [0.05, 0.1) is 12.2 Å². The van der Waals surface area contributed by atoms with Crippen LogP contribution in [0.15, 0.2) is 18.2 Å². The molecule has 20 heavy (non-hydrogen) atoms. The van der Waals surface area contributed by atoms with Crippen molar-refractivity contribution in [3.63, 3.8) is 0 Å². The maximum absolute atomic E-state index is 11.7. The van der Waals surface area contributed by atoms with E-state index < -0.39 is 0 Å². The van der Waals surface area contributed by atoms with Crippen molar-refractivity contribution in [2.75, 3.05) is 18.5 Å². The maximum Gasteiger partial charge on any atom is 0.338 e. The van der Waals surface area contributed by atoms with Crippen LogP contribution in [0.3, 0.4) is 0 Å². The van der Waals surface area contributed by atoms with Crippen molar-refractivity contribution in [2.45, 2.75) is 27.7 Å². The lowest BCUT2D eigenvalue weighted by molar-refractivity contribution is 0.0526. The first kappa shape index (κ1) is 16.4. The Balaban J connectivity index is 2.76. The van der Waals surface area contributed by atoms with Crippen molar-refractivity contribution >= 4 is 29.0 Å². The van der Waals surface area contributed by atoms with Crippen LogP contribution in [0.25, 0.3) is 0 Å². The molecule has 2 N–H and O–H groups in total. The summed E-state index contributed by atoms with van der Waals surface area (Å²) in [5.74, 6) is 0.193. The van der Waals surface area contributed by atoms with Crippen molar-refractivity contribution in [1.82, 2.24) is 5.32 Å². The SMILES string of the molecule is CCOC(=O)c1ccc(C)c(NC(=S)NCC(C)C)c1. The molecule has 0 aliphatic rings. The van der Waals surface area contributed by atoms with Gasteiger partial charge in [-0.2, -0.15) is 0 Å². The summed E-state index contributed by atoms with van der Waals surface area (Å²) < 4.78 is 4.99. The van der Waals surface area contributed by atoms with Gasteiger partial charge in [-0.15, -0.1) is 0 Å². The monoisotopic (exact) mass is 294 g/mol. The summed E-state index contributed by atoms with van der Waals surface area (Å²) in [6, 6.07) is 5.39. The van der Waals surface area contributed by atoms with Gasteiger partial charge in [0.25, 0.3) is 0 Å². The van der Waals surface area contributed by atoms with Crippen molar-refractivity contribution in [2.24, 2.45) is 5.92 Å². The van der Waals surface area contributed by atoms with Gasteiger partial charge in [-0.05, 0) is 49.7 Å². The number of aryl methyl sites for hydroxylation is 1. The third-order valence-electron chi connectivity index (χ3n) is 2.67. The third kappa shape index (κ3) is 5.17. The predicted molar refractivity (Wildman–Crippen MR) is 86.2 cm³/mol. The van der Waals surface area contributed by atoms with E-state index in [1.807, 2.05) is 13.0 Å². The van der Waals surface area contributed by atoms with Crippen LogP contribution >= 0.6 is 12.2 Å². The van der Waals surface area contributed by atoms with Crippen LogP contribution in [0.2, 0.25) is 0 Å². The molecule has 4 nitrogen and oxygen atoms in total. The molecule has 0 saturated carbocycles. The van der Waals surface area contributed by atoms with Crippen LogP contribution in [-0.4, -0.2) is 24.2 Å². The third-order valence-corrected chi connectivity index (χ3v) is 2.91. The number of ether oxygens (including phenoxy) is 1. The zero-order valence-corrected chi connectivity index (χ0v) is 13.3. The lowest BCUT2D eigenvalue weighted by Gasteiger charge is -2.14. The maximum atomic E-state index is 11.7. The molecule has 0 amide bonds. The van der Waals surface area contributed by atoms with Crippen LogP contribution in [0.1, 0.15) is 36.7 Å². The Bertz CT molecular complexity index is 487. The van der Waals surface area contributed by atoms with Gasteiger partial charge in [-0.1, -0.05) is 19.9 Å². The fourth-order valence-corrected chi connectivity index (χ4v) is 1.75. The smallest absolute Gasteiger partial charge is 0.338 e. The number of hydrogen-bond acceptors (Lipinski definition) is 3. The average molecular weight is 294 g/mol.